The van der Waals surface area contributed by atoms with Gasteiger partial charge >= 0.3 is 0 Å². The van der Waals surface area contributed by atoms with Crippen molar-refractivity contribution in [1.82, 2.24) is 0 Å². The van der Waals surface area contributed by atoms with Crippen LogP contribution in [0.4, 0.5) is 0 Å². The van der Waals surface area contributed by atoms with E-state index in [0.29, 0.717) is 5.75 Å². The van der Waals surface area contributed by atoms with Gasteiger partial charge in [-0.15, -0.1) is 0 Å². The molecule has 0 bridgehead atoms. The molecule has 0 saturated carbocycles. The lowest BCUT2D eigenvalue weighted by Gasteiger charge is -1.90. The van der Waals surface area contributed by atoms with Crippen LogP contribution in [-0.2, 0) is 0 Å². The average molecular weight is 257 g/mol. The Labute approximate surface area is 90.4 Å². The standard InChI is InChI=1S/C10H8OS.BrH/c11-9-4-3-5-10(8-9)12-6-1-2-7-12;/h1-8H;1H. The lowest BCUT2D eigenvalue weighted by Crippen LogP contribution is -3.00. The van der Waals surface area contributed by atoms with Crippen molar-refractivity contribution in [1.29, 1.82) is 0 Å². The van der Waals surface area contributed by atoms with Crippen LogP contribution in [-0.4, -0.2) is 5.11 Å². The lowest BCUT2D eigenvalue weighted by atomic mass is 10.3. The van der Waals surface area contributed by atoms with Crippen LogP contribution >= 0.6 is 10.5 Å². The smallest absolute Gasteiger partial charge is 0.182 e. The largest absolute Gasteiger partial charge is 1.00 e. The summed E-state index contributed by atoms with van der Waals surface area (Å²) in [6.45, 7) is 0. The van der Waals surface area contributed by atoms with Gasteiger partial charge in [0.05, 0.1) is 0 Å². The highest BCUT2D eigenvalue weighted by Crippen LogP contribution is 2.31. The molecule has 1 aromatic carbocycles. The van der Waals surface area contributed by atoms with Crippen molar-refractivity contribution >= 4 is 10.5 Å². The number of hydrogen-bond donors (Lipinski definition) is 1. The SMILES string of the molecule is Oc1cccc(-[s+]2cccc2)c1.[Br-]. The van der Waals surface area contributed by atoms with Gasteiger partial charge in [-0.25, -0.2) is 0 Å². The molecule has 0 amide bonds. The van der Waals surface area contributed by atoms with Crippen LogP contribution in [0.15, 0.2) is 47.2 Å². The van der Waals surface area contributed by atoms with E-state index in [1.165, 1.54) is 4.90 Å². The van der Waals surface area contributed by atoms with E-state index in [1.807, 2.05) is 30.3 Å². The second-order valence-corrected chi connectivity index (χ2v) is 4.29. The van der Waals surface area contributed by atoms with Gasteiger partial charge in [-0.1, -0.05) is 6.07 Å². The summed E-state index contributed by atoms with van der Waals surface area (Å²) in [5, 5.41) is 13.5. The van der Waals surface area contributed by atoms with Crippen LogP contribution < -0.4 is 17.0 Å². The molecule has 0 spiro atoms. The van der Waals surface area contributed by atoms with E-state index in [-0.39, 0.29) is 27.5 Å². The van der Waals surface area contributed by atoms with Gasteiger partial charge in [0.25, 0.3) is 0 Å². The summed E-state index contributed by atoms with van der Waals surface area (Å²) in [6, 6.07) is 11.5. The molecule has 0 aliphatic rings. The zero-order valence-corrected chi connectivity index (χ0v) is 9.25. The van der Waals surface area contributed by atoms with Gasteiger partial charge < -0.3 is 22.1 Å². The van der Waals surface area contributed by atoms with E-state index in [0.717, 1.165) is 0 Å². The first kappa shape index (κ1) is 10.3. The highest BCUT2D eigenvalue weighted by atomic mass is 79.9. The van der Waals surface area contributed by atoms with Crippen molar-refractivity contribution in [3.8, 4) is 10.6 Å². The summed E-state index contributed by atoms with van der Waals surface area (Å²) in [6.07, 6.45) is 0. The summed E-state index contributed by atoms with van der Waals surface area (Å²) in [4.78, 5) is 1.17. The number of benzene rings is 1. The minimum absolute atomic E-state index is 0. The maximum absolute atomic E-state index is 9.23. The number of phenolic OH excluding ortho intramolecular Hbond substituents is 1. The van der Waals surface area contributed by atoms with Gasteiger partial charge in [-0.3, -0.25) is 0 Å². The number of thiophene rings is 1. The Morgan fingerprint density at radius 1 is 1.00 bits per heavy atom. The second kappa shape index (κ2) is 4.44. The Hall–Kier alpha value is -0.800. The molecule has 0 radical (unpaired) electrons. The van der Waals surface area contributed by atoms with Gasteiger partial charge in [0.2, 0.25) is 0 Å². The molecule has 0 aliphatic carbocycles. The fourth-order valence-electron chi connectivity index (χ4n) is 1.09. The Bertz CT molecular complexity index is 370. The zero-order chi connectivity index (χ0) is 8.39. The maximum Gasteiger partial charge on any atom is 0.182 e. The average Bonchev–Trinajstić information content (AvgIpc) is 2.56. The van der Waals surface area contributed by atoms with Gasteiger partial charge in [-0.2, -0.15) is 0 Å². The molecule has 0 aliphatic heterocycles. The third kappa shape index (κ3) is 2.32. The topological polar surface area (TPSA) is 20.2 Å². The molecule has 1 heterocycles. The normalized spacial score (nSPS) is 9.23. The van der Waals surface area contributed by atoms with Gasteiger partial charge in [-0.05, 0) is 24.3 Å². The predicted molar refractivity (Wildman–Crippen MR) is 51.9 cm³/mol. The van der Waals surface area contributed by atoms with E-state index in [2.05, 4.69) is 10.8 Å². The van der Waals surface area contributed by atoms with Crippen LogP contribution in [0.5, 0.6) is 5.75 Å². The summed E-state index contributed by atoms with van der Waals surface area (Å²) < 4.78 is 0. The summed E-state index contributed by atoms with van der Waals surface area (Å²) >= 11 is 0. The number of halogens is 1. The first-order valence-electron chi connectivity index (χ1n) is 3.72. The molecule has 1 N–H and O–H groups in total. The van der Waals surface area contributed by atoms with Gasteiger partial charge in [0.1, 0.15) is 16.5 Å². The van der Waals surface area contributed by atoms with Crippen LogP contribution in [0.25, 0.3) is 4.90 Å². The summed E-state index contributed by atoms with van der Waals surface area (Å²) in [7, 11) is 0.0779. The molecule has 1 nitrogen and oxygen atoms in total. The van der Waals surface area contributed by atoms with Crippen LogP contribution in [0.2, 0.25) is 0 Å². The molecule has 1 aromatic heterocycles. The zero-order valence-electron chi connectivity index (χ0n) is 6.85. The molecule has 13 heavy (non-hydrogen) atoms. The summed E-state index contributed by atoms with van der Waals surface area (Å²) in [5.41, 5.74) is 0. The second-order valence-electron chi connectivity index (χ2n) is 2.53. The van der Waals surface area contributed by atoms with E-state index < -0.39 is 0 Å². The van der Waals surface area contributed by atoms with Crippen molar-refractivity contribution < 1.29 is 22.1 Å². The molecule has 68 valence electrons. The minimum Gasteiger partial charge on any atom is -1.00 e. The molecule has 0 unspecified atom stereocenters. The Kier molecular flexibility index (Phi) is 3.51. The molecule has 2 aromatic rings. The Balaban J connectivity index is 0.000000845. The quantitative estimate of drug-likeness (QED) is 0.720. The van der Waals surface area contributed by atoms with Crippen molar-refractivity contribution in [3.05, 3.63) is 47.2 Å². The molecule has 3 heteroatoms. The van der Waals surface area contributed by atoms with Crippen molar-refractivity contribution in [3.63, 3.8) is 0 Å². The maximum atomic E-state index is 9.23. The third-order valence-corrected chi connectivity index (χ3v) is 3.35. The number of rotatable bonds is 1. The van der Waals surface area contributed by atoms with E-state index in [1.54, 1.807) is 6.07 Å². The lowest BCUT2D eigenvalue weighted by molar-refractivity contribution is -0.00000338. The molecular weight excluding hydrogens is 248 g/mol. The van der Waals surface area contributed by atoms with Gasteiger partial charge in [0, 0.05) is 16.5 Å². The highest BCUT2D eigenvalue weighted by molar-refractivity contribution is 7.36. The Morgan fingerprint density at radius 2 is 1.69 bits per heavy atom. The fourth-order valence-corrected chi connectivity index (χ4v) is 2.51. The number of hydrogen-bond acceptors (Lipinski definition) is 1. The van der Waals surface area contributed by atoms with Gasteiger partial charge in [0.15, 0.2) is 4.90 Å². The highest BCUT2D eigenvalue weighted by Gasteiger charge is 2.06. The fraction of sp³-hybridized carbons (Fsp3) is 0. The first-order valence-corrected chi connectivity index (χ1v) is 5.07. The van der Waals surface area contributed by atoms with Crippen molar-refractivity contribution in [2.45, 2.75) is 0 Å². The van der Waals surface area contributed by atoms with Crippen LogP contribution in [0.1, 0.15) is 0 Å². The van der Waals surface area contributed by atoms with Crippen LogP contribution in [0, 0.1) is 0 Å². The van der Waals surface area contributed by atoms with E-state index in [9.17, 15) is 5.11 Å². The summed E-state index contributed by atoms with van der Waals surface area (Å²) in [5.74, 6) is 0.341. The third-order valence-electron chi connectivity index (χ3n) is 1.65. The Morgan fingerprint density at radius 3 is 2.31 bits per heavy atom. The van der Waals surface area contributed by atoms with Crippen molar-refractivity contribution in [2.24, 2.45) is 0 Å². The molecule has 0 atom stereocenters. The van der Waals surface area contributed by atoms with Crippen molar-refractivity contribution in [2.75, 3.05) is 0 Å². The molecule has 0 fully saturated rings. The molecular formula is C10H9BrOS. The monoisotopic (exact) mass is 256 g/mol. The molecule has 2 rings (SSSR count). The predicted octanol–water partition coefficient (Wildman–Crippen LogP) is 0.135. The van der Waals surface area contributed by atoms with E-state index >= 15 is 0 Å². The first-order chi connectivity index (χ1) is 5.86. The van der Waals surface area contributed by atoms with Crippen LogP contribution in [0.3, 0.4) is 0 Å². The molecule has 0 saturated heterocycles. The minimum atomic E-state index is 0. The van der Waals surface area contributed by atoms with E-state index in [4.69, 9.17) is 0 Å². The number of phenols is 1. The number of aromatic hydroxyl groups is 1.